The van der Waals surface area contributed by atoms with Crippen LogP contribution in [0.25, 0.3) is 9.88 Å². The van der Waals surface area contributed by atoms with Gasteiger partial charge in [-0.1, -0.05) is 0 Å². The van der Waals surface area contributed by atoms with Crippen molar-refractivity contribution in [3.63, 3.8) is 0 Å². The number of thiophene rings is 1. The summed E-state index contributed by atoms with van der Waals surface area (Å²) in [5.74, 6) is 0.0390. The molecule has 2 aromatic rings. The van der Waals surface area contributed by atoms with Crippen LogP contribution in [0.15, 0.2) is 21.3 Å². The highest BCUT2D eigenvalue weighted by atomic mass is 79.9. The monoisotopic (exact) mass is 371 g/mol. The second-order valence-electron chi connectivity index (χ2n) is 4.69. The van der Waals surface area contributed by atoms with E-state index >= 15 is 0 Å². The van der Waals surface area contributed by atoms with Gasteiger partial charge in [0.2, 0.25) is 0 Å². The van der Waals surface area contributed by atoms with Crippen molar-refractivity contribution in [3.05, 3.63) is 27.0 Å². The molecular weight excluding hydrogens is 358 g/mol. The van der Waals surface area contributed by atoms with Crippen molar-refractivity contribution in [2.24, 2.45) is 0 Å². The molecule has 20 heavy (non-hydrogen) atoms. The van der Waals surface area contributed by atoms with Crippen LogP contribution in [0.4, 0.5) is 0 Å². The average Bonchev–Trinajstić information content (AvgIpc) is 3.07. The van der Waals surface area contributed by atoms with E-state index < -0.39 is 0 Å². The van der Waals surface area contributed by atoms with Gasteiger partial charge in [0.25, 0.3) is 5.91 Å². The number of aromatic nitrogens is 1. The lowest BCUT2D eigenvalue weighted by atomic mass is 10.2. The quantitative estimate of drug-likeness (QED) is 0.881. The van der Waals surface area contributed by atoms with Crippen molar-refractivity contribution in [1.29, 1.82) is 0 Å². The van der Waals surface area contributed by atoms with Crippen molar-refractivity contribution in [1.82, 2.24) is 15.2 Å². The number of piperazine rings is 1. The highest BCUT2D eigenvalue weighted by molar-refractivity contribution is 9.11. The first-order valence-corrected chi connectivity index (χ1v) is 8.87. The van der Waals surface area contributed by atoms with Crippen LogP contribution < -0.4 is 5.32 Å². The Morgan fingerprint density at radius 2 is 2.40 bits per heavy atom. The second-order valence-corrected chi connectivity index (χ2v) is 8.01. The smallest absolute Gasteiger partial charge is 0.273 e. The Kier molecular flexibility index (Phi) is 4.21. The van der Waals surface area contributed by atoms with Gasteiger partial charge in [-0.3, -0.25) is 4.79 Å². The molecule has 1 N–H and O–H groups in total. The van der Waals surface area contributed by atoms with Gasteiger partial charge < -0.3 is 10.2 Å². The van der Waals surface area contributed by atoms with Gasteiger partial charge in [0.15, 0.2) is 0 Å². The molecule has 3 heterocycles. The van der Waals surface area contributed by atoms with Crippen LogP contribution in [0.1, 0.15) is 17.4 Å². The summed E-state index contributed by atoms with van der Waals surface area (Å²) in [6, 6.07) is 4.24. The van der Waals surface area contributed by atoms with Crippen molar-refractivity contribution in [2.75, 3.05) is 19.6 Å². The lowest BCUT2D eigenvalue weighted by Crippen LogP contribution is -2.52. The van der Waals surface area contributed by atoms with Crippen LogP contribution in [0, 0.1) is 0 Å². The van der Waals surface area contributed by atoms with Crippen molar-refractivity contribution in [3.8, 4) is 9.88 Å². The number of nitrogens with one attached hydrogen (secondary N) is 1. The second kappa shape index (κ2) is 5.93. The Morgan fingerprint density at radius 1 is 1.55 bits per heavy atom. The number of nitrogens with zero attached hydrogens (tertiary/aromatic N) is 2. The van der Waals surface area contributed by atoms with Gasteiger partial charge in [0.1, 0.15) is 10.7 Å². The molecule has 0 bridgehead atoms. The van der Waals surface area contributed by atoms with E-state index in [2.05, 4.69) is 33.2 Å². The van der Waals surface area contributed by atoms with Crippen molar-refractivity contribution >= 4 is 44.5 Å². The van der Waals surface area contributed by atoms with E-state index in [1.54, 1.807) is 11.3 Å². The van der Waals surface area contributed by atoms with Crippen LogP contribution in [-0.2, 0) is 0 Å². The number of carbonyl (C=O) groups excluding carboxylic acids is 1. The Hall–Kier alpha value is -0.760. The summed E-state index contributed by atoms with van der Waals surface area (Å²) in [5, 5.41) is 6.06. The largest absolute Gasteiger partial charge is 0.332 e. The lowest BCUT2D eigenvalue weighted by Gasteiger charge is -2.33. The molecule has 7 heteroatoms. The van der Waals surface area contributed by atoms with E-state index in [9.17, 15) is 4.79 Å². The van der Waals surface area contributed by atoms with E-state index in [0.717, 1.165) is 33.3 Å². The lowest BCUT2D eigenvalue weighted by molar-refractivity contribution is 0.0650. The Balaban J connectivity index is 1.81. The van der Waals surface area contributed by atoms with E-state index in [0.29, 0.717) is 5.69 Å². The van der Waals surface area contributed by atoms with E-state index in [4.69, 9.17) is 0 Å². The van der Waals surface area contributed by atoms with Gasteiger partial charge >= 0.3 is 0 Å². The average molecular weight is 372 g/mol. The summed E-state index contributed by atoms with van der Waals surface area (Å²) in [6.45, 7) is 4.51. The summed E-state index contributed by atoms with van der Waals surface area (Å²) in [7, 11) is 0. The minimum atomic E-state index is 0.0390. The summed E-state index contributed by atoms with van der Waals surface area (Å²) in [4.78, 5) is 20.0. The molecule has 0 aliphatic carbocycles. The molecule has 0 saturated carbocycles. The number of thiazole rings is 1. The molecule has 4 nitrogen and oxygen atoms in total. The molecule has 1 atom stereocenters. The van der Waals surface area contributed by atoms with Crippen molar-refractivity contribution in [2.45, 2.75) is 13.0 Å². The van der Waals surface area contributed by atoms with Gasteiger partial charge in [0.05, 0.1) is 8.66 Å². The first kappa shape index (κ1) is 14.2. The first-order valence-electron chi connectivity index (χ1n) is 6.38. The molecule has 0 radical (unpaired) electrons. The summed E-state index contributed by atoms with van der Waals surface area (Å²) in [6.07, 6.45) is 0. The molecule has 0 spiro atoms. The van der Waals surface area contributed by atoms with Gasteiger partial charge in [-0.05, 0) is 35.0 Å². The standard InChI is InChI=1S/C13H14BrN3OS2/c1-8-6-15-4-5-17(8)13(18)9-7-19-12(16-9)10-2-3-11(14)20-10/h2-3,7-8,15H,4-6H2,1H3/t8-/m1/s1. The summed E-state index contributed by atoms with van der Waals surface area (Å²) >= 11 is 6.61. The fourth-order valence-corrected chi connectivity index (χ4v) is 4.46. The molecule has 0 unspecified atom stereocenters. The van der Waals surface area contributed by atoms with Gasteiger partial charge in [-0.2, -0.15) is 0 Å². The minimum absolute atomic E-state index is 0.0390. The number of hydrogen-bond acceptors (Lipinski definition) is 5. The molecule has 0 aromatic carbocycles. The van der Waals surface area contributed by atoms with Crippen LogP contribution in [-0.4, -0.2) is 41.5 Å². The fourth-order valence-electron chi connectivity index (χ4n) is 2.20. The zero-order valence-electron chi connectivity index (χ0n) is 10.9. The maximum absolute atomic E-state index is 12.5. The molecule has 1 saturated heterocycles. The summed E-state index contributed by atoms with van der Waals surface area (Å²) < 4.78 is 1.08. The van der Waals surface area contributed by atoms with Crippen molar-refractivity contribution < 1.29 is 4.79 Å². The van der Waals surface area contributed by atoms with Gasteiger partial charge in [0, 0.05) is 31.1 Å². The van der Waals surface area contributed by atoms with E-state index in [1.807, 2.05) is 22.4 Å². The molecule has 1 aliphatic rings. The molecule has 3 rings (SSSR count). The van der Waals surface area contributed by atoms with E-state index in [-0.39, 0.29) is 11.9 Å². The summed E-state index contributed by atoms with van der Waals surface area (Å²) in [5.41, 5.74) is 0.559. The Labute approximate surface area is 134 Å². The topological polar surface area (TPSA) is 45.2 Å². The van der Waals surface area contributed by atoms with Gasteiger partial charge in [-0.25, -0.2) is 4.98 Å². The first-order chi connectivity index (χ1) is 9.65. The SMILES string of the molecule is C[C@@H]1CNCCN1C(=O)c1csc(-c2ccc(Br)s2)n1. The molecule has 1 aliphatic heterocycles. The molecule has 2 aromatic heterocycles. The third-order valence-electron chi connectivity index (χ3n) is 3.27. The maximum atomic E-state index is 12.5. The highest BCUT2D eigenvalue weighted by Gasteiger charge is 2.25. The Bertz CT molecular complexity index is 625. The predicted molar refractivity (Wildman–Crippen MR) is 86.5 cm³/mol. The molecule has 1 amide bonds. The normalized spacial score (nSPS) is 19.3. The number of hydrogen-bond donors (Lipinski definition) is 1. The number of amides is 1. The zero-order chi connectivity index (χ0) is 14.1. The van der Waals surface area contributed by atoms with Crippen LogP contribution >= 0.6 is 38.6 Å². The maximum Gasteiger partial charge on any atom is 0.273 e. The predicted octanol–water partition coefficient (Wildman–Crippen LogP) is 3.07. The molecular formula is C13H14BrN3OS2. The molecule has 1 fully saturated rings. The van der Waals surface area contributed by atoms with Crippen LogP contribution in [0.3, 0.4) is 0 Å². The van der Waals surface area contributed by atoms with E-state index in [1.165, 1.54) is 11.3 Å². The molecule has 106 valence electrons. The fraction of sp³-hybridized carbons (Fsp3) is 0.385. The zero-order valence-corrected chi connectivity index (χ0v) is 14.1. The number of carbonyl (C=O) groups is 1. The van der Waals surface area contributed by atoms with Gasteiger partial charge in [-0.15, -0.1) is 22.7 Å². The number of halogens is 1. The van der Waals surface area contributed by atoms with Crippen LogP contribution in [0.5, 0.6) is 0 Å². The highest BCUT2D eigenvalue weighted by Crippen LogP contribution is 2.33. The third-order valence-corrected chi connectivity index (χ3v) is 5.90. The minimum Gasteiger partial charge on any atom is -0.332 e. The van der Waals surface area contributed by atoms with Crippen LogP contribution in [0.2, 0.25) is 0 Å². The Morgan fingerprint density at radius 3 is 3.10 bits per heavy atom. The number of rotatable bonds is 2. The third kappa shape index (κ3) is 2.81.